The van der Waals surface area contributed by atoms with Crippen LogP contribution in [0.5, 0.6) is 0 Å². The van der Waals surface area contributed by atoms with Crippen molar-refractivity contribution in [2.75, 3.05) is 5.32 Å². The molecule has 0 aliphatic heterocycles. The number of thioether (sulfide) groups is 1. The molecule has 1 aromatic heterocycles. The van der Waals surface area contributed by atoms with E-state index in [0.717, 1.165) is 22.5 Å². The highest BCUT2D eigenvalue weighted by atomic mass is 32.2. The molecule has 1 fully saturated rings. The minimum atomic E-state index is -0.220. The maximum atomic E-state index is 11.9. The SMILES string of the molecule is O=C(NCc1ncc[nH]1)Nc1cccc(CSC2CCCC2)c1. The summed E-state index contributed by atoms with van der Waals surface area (Å²) in [6.45, 7) is 0.385. The fourth-order valence-electron chi connectivity index (χ4n) is 2.74. The van der Waals surface area contributed by atoms with E-state index >= 15 is 0 Å². The van der Waals surface area contributed by atoms with Gasteiger partial charge in [0.1, 0.15) is 5.82 Å². The highest BCUT2D eigenvalue weighted by molar-refractivity contribution is 7.99. The van der Waals surface area contributed by atoms with E-state index in [-0.39, 0.29) is 6.03 Å². The molecule has 6 heteroatoms. The average Bonchev–Trinajstić information content (AvgIpc) is 3.25. The van der Waals surface area contributed by atoms with Crippen LogP contribution in [0.25, 0.3) is 0 Å². The number of H-pyrrole nitrogens is 1. The molecule has 1 saturated carbocycles. The number of imidazole rings is 1. The van der Waals surface area contributed by atoms with Gasteiger partial charge in [0.15, 0.2) is 0 Å². The molecule has 0 bridgehead atoms. The Morgan fingerprint density at radius 3 is 3.00 bits per heavy atom. The van der Waals surface area contributed by atoms with Crippen molar-refractivity contribution in [3.8, 4) is 0 Å². The van der Waals surface area contributed by atoms with Crippen LogP contribution in [0.15, 0.2) is 36.7 Å². The molecule has 0 spiro atoms. The van der Waals surface area contributed by atoms with Gasteiger partial charge in [-0.1, -0.05) is 25.0 Å². The Kier molecular flexibility index (Phi) is 5.58. The molecule has 3 N–H and O–H groups in total. The molecular weight excluding hydrogens is 308 g/mol. The zero-order chi connectivity index (χ0) is 15.9. The first-order valence-electron chi connectivity index (χ1n) is 8.03. The second-order valence-electron chi connectivity index (χ2n) is 5.76. The number of carbonyl (C=O) groups excluding carboxylic acids is 1. The van der Waals surface area contributed by atoms with Gasteiger partial charge in [-0.15, -0.1) is 0 Å². The largest absolute Gasteiger partial charge is 0.347 e. The van der Waals surface area contributed by atoms with Gasteiger partial charge in [0.25, 0.3) is 0 Å². The zero-order valence-electron chi connectivity index (χ0n) is 13.0. The summed E-state index contributed by atoms with van der Waals surface area (Å²) >= 11 is 2.03. The number of urea groups is 1. The van der Waals surface area contributed by atoms with Crippen LogP contribution in [0.3, 0.4) is 0 Å². The Morgan fingerprint density at radius 2 is 2.22 bits per heavy atom. The van der Waals surface area contributed by atoms with Crippen LogP contribution in [0.2, 0.25) is 0 Å². The van der Waals surface area contributed by atoms with Crippen molar-refractivity contribution < 1.29 is 4.79 Å². The predicted octanol–water partition coefficient (Wildman–Crippen LogP) is 3.91. The molecule has 0 unspecified atom stereocenters. The minimum Gasteiger partial charge on any atom is -0.347 e. The number of carbonyl (C=O) groups is 1. The molecule has 3 rings (SSSR count). The van der Waals surface area contributed by atoms with Crippen LogP contribution < -0.4 is 10.6 Å². The third-order valence-corrected chi connectivity index (χ3v) is 5.39. The van der Waals surface area contributed by atoms with Crippen molar-refractivity contribution in [3.05, 3.63) is 48.0 Å². The van der Waals surface area contributed by atoms with E-state index < -0.39 is 0 Å². The van der Waals surface area contributed by atoms with Crippen molar-refractivity contribution in [3.63, 3.8) is 0 Å². The Balaban J connectivity index is 1.47. The summed E-state index contributed by atoms with van der Waals surface area (Å²) in [5.74, 6) is 1.75. The Morgan fingerprint density at radius 1 is 1.35 bits per heavy atom. The summed E-state index contributed by atoms with van der Waals surface area (Å²) in [5, 5.41) is 6.46. The van der Waals surface area contributed by atoms with E-state index in [9.17, 15) is 4.79 Å². The zero-order valence-corrected chi connectivity index (χ0v) is 13.9. The van der Waals surface area contributed by atoms with Gasteiger partial charge in [-0.2, -0.15) is 11.8 Å². The lowest BCUT2D eigenvalue weighted by Gasteiger charge is -2.10. The summed E-state index contributed by atoms with van der Waals surface area (Å²) in [7, 11) is 0. The van der Waals surface area contributed by atoms with Crippen LogP contribution >= 0.6 is 11.8 Å². The fraction of sp³-hybridized carbons (Fsp3) is 0.412. The smallest absolute Gasteiger partial charge is 0.319 e. The Hall–Kier alpha value is -1.95. The van der Waals surface area contributed by atoms with Crippen molar-refractivity contribution in [2.24, 2.45) is 0 Å². The van der Waals surface area contributed by atoms with Crippen LogP contribution in [0.4, 0.5) is 10.5 Å². The topological polar surface area (TPSA) is 69.8 Å². The highest BCUT2D eigenvalue weighted by Crippen LogP contribution is 2.31. The lowest BCUT2D eigenvalue weighted by molar-refractivity contribution is 0.251. The normalized spacial score (nSPS) is 14.8. The van der Waals surface area contributed by atoms with Gasteiger partial charge in [0, 0.05) is 29.1 Å². The van der Waals surface area contributed by atoms with Gasteiger partial charge in [-0.3, -0.25) is 0 Å². The molecule has 1 heterocycles. The number of hydrogen-bond donors (Lipinski definition) is 3. The van der Waals surface area contributed by atoms with Crippen molar-refractivity contribution >= 4 is 23.5 Å². The average molecular weight is 330 g/mol. The maximum Gasteiger partial charge on any atom is 0.319 e. The summed E-state index contributed by atoms with van der Waals surface area (Å²) in [4.78, 5) is 18.9. The van der Waals surface area contributed by atoms with Crippen molar-refractivity contribution in [1.29, 1.82) is 0 Å². The van der Waals surface area contributed by atoms with Gasteiger partial charge >= 0.3 is 6.03 Å². The summed E-state index contributed by atoms with van der Waals surface area (Å²) in [6.07, 6.45) is 8.83. The standard InChI is InChI=1S/C17H22N4OS/c22-17(20-11-16-18-8-9-19-16)21-14-5-3-4-13(10-14)12-23-15-6-1-2-7-15/h3-5,8-10,15H,1-2,6-7,11-12H2,(H,18,19)(H2,20,21,22). The van der Waals surface area contributed by atoms with E-state index in [4.69, 9.17) is 0 Å². The molecule has 1 aliphatic rings. The first kappa shape index (κ1) is 15.9. The highest BCUT2D eigenvalue weighted by Gasteiger charge is 2.15. The van der Waals surface area contributed by atoms with Gasteiger partial charge in [-0.05, 0) is 30.5 Å². The molecule has 2 amide bonds. The van der Waals surface area contributed by atoms with Gasteiger partial charge in [-0.25, -0.2) is 9.78 Å². The number of hydrogen-bond acceptors (Lipinski definition) is 3. The van der Waals surface area contributed by atoms with E-state index in [1.807, 2.05) is 23.9 Å². The fourth-order valence-corrected chi connectivity index (χ4v) is 4.02. The second kappa shape index (κ2) is 8.06. The lowest BCUT2D eigenvalue weighted by Crippen LogP contribution is -2.28. The molecule has 23 heavy (non-hydrogen) atoms. The number of nitrogens with zero attached hydrogens (tertiary/aromatic N) is 1. The monoisotopic (exact) mass is 330 g/mol. The molecule has 1 aromatic carbocycles. The van der Waals surface area contributed by atoms with Gasteiger partial charge in [0.2, 0.25) is 0 Å². The quantitative estimate of drug-likeness (QED) is 0.752. The molecule has 122 valence electrons. The van der Waals surface area contributed by atoms with Crippen LogP contribution in [0.1, 0.15) is 37.1 Å². The maximum absolute atomic E-state index is 11.9. The number of amides is 2. The van der Waals surface area contributed by atoms with Gasteiger partial charge < -0.3 is 15.6 Å². The molecule has 0 saturated heterocycles. The third kappa shape index (κ3) is 5.03. The van der Waals surface area contributed by atoms with Crippen molar-refractivity contribution in [2.45, 2.75) is 43.2 Å². The van der Waals surface area contributed by atoms with Crippen LogP contribution in [0, 0.1) is 0 Å². The predicted molar refractivity (Wildman–Crippen MR) is 94.4 cm³/mol. The summed E-state index contributed by atoms with van der Waals surface area (Å²) < 4.78 is 0. The van der Waals surface area contributed by atoms with Gasteiger partial charge in [0.05, 0.1) is 6.54 Å². The third-order valence-electron chi connectivity index (χ3n) is 3.94. The molecule has 0 radical (unpaired) electrons. The van der Waals surface area contributed by atoms with E-state index in [1.165, 1.54) is 31.2 Å². The van der Waals surface area contributed by atoms with E-state index in [1.54, 1.807) is 12.4 Å². The van der Waals surface area contributed by atoms with Crippen LogP contribution in [-0.4, -0.2) is 21.2 Å². The lowest BCUT2D eigenvalue weighted by atomic mass is 10.2. The number of rotatable bonds is 6. The number of aromatic amines is 1. The number of benzene rings is 1. The van der Waals surface area contributed by atoms with Crippen LogP contribution in [-0.2, 0) is 12.3 Å². The molecular formula is C17H22N4OS. The first-order chi connectivity index (χ1) is 11.3. The minimum absolute atomic E-state index is 0.220. The first-order valence-corrected chi connectivity index (χ1v) is 9.08. The molecule has 5 nitrogen and oxygen atoms in total. The second-order valence-corrected chi connectivity index (χ2v) is 7.05. The van der Waals surface area contributed by atoms with E-state index in [2.05, 4.69) is 32.7 Å². The Bertz CT molecular complexity index is 623. The summed E-state index contributed by atoms with van der Waals surface area (Å²) in [6, 6.07) is 7.85. The van der Waals surface area contributed by atoms with E-state index in [0.29, 0.717) is 6.54 Å². The molecule has 0 atom stereocenters. The summed E-state index contributed by atoms with van der Waals surface area (Å²) in [5.41, 5.74) is 2.08. The number of nitrogens with one attached hydrogen (secondary N) is 3. The number of anilines is 1. The molecule has 2 aromatic rings. The van der Waals surface area contributed by atoms with Crippen molar-refractivity contribution in [1.82, 2.24) is 15.3 Å². The molecule has 1 aliphatic carbocycles. The number of aromatic nitrogens is 2. The Labute approximate surface area is 140 Å².